The first-order chi connectivity index (χ1) is 16.3. The quantitative estimate of drug-likeness (QED) is 0.278. The summed E-state index contributed by atoms with van der Waals surface area (Å²) in [5, 5.41) is 19.1. The summed E-state index contributed by atoms with van der Waals surface area (Å²) in [6, 6.07) is 13.0. The summed E-state index contributed by atoms with van der Waals surface area (Å²) in [5.74, 6) is -0.620. The molecule has 2 amide bonds. The number of carboxylic acid groups (broad SMARTS) is 1. The highest BCUT2D eigenvalue weighted by Crippen LogP contribution is 2.25. The predicted molar refractivity (Wildman–Crippen MR) is 132 cm³/mol. The molecule has 0 aliphatic rings. The Balaban J connectivity index is 1.73. The van der Waals surface area contributed by atoms with Crippen molar-refractivity contribution in [1.29, 1.82) is 0 Å². The molecule has 34 heavy (non-hydrogen) atoms. The number of amides is 2. The molecule has 0 fully saturated rings. The van der Waals surface area contributed by atoms with Gasteiger partial charge in [0.15, 0.2) is 11.8 Å². The first-order valence-electron chi connectivity index (χ1n) is 10.6. The number of hydrogen-bond donors (Lipinski definition) is 3. The van der Waals surface area contributed by atoms with Crippen LogP contribution in [0.3, 0.4) is 0 Å². The minimum Gasteiger partial charge on any atom is -0.480 e. The third kappa shape index (κ3) is 6.44. The van der Waals surface area contributed by atoms with Crippen LogP contribution in [0.1, 0.15) is 26.5 Å². The van der Waals surface area contributed by atoms with Crippen LogP contribution >= 0.6 is 11.8 Å². The second-order valence-electron chi connectivity index (χ2n) is 7.61. The summed E-state index contributed by atoms with van der Waals surface area (Å²) in [7, 11) is 0. The van der Waals surface area contributed by atoms with Gasteiger partial charge < -0.3 is 20.3 Å². The summed E-state index contributed by atoms with van der Waals surface area (Å²) >= 11 is 1.38. The number of carboxylic acids is 1. The molecule has 8 nitrogen and oxygen atoms in total. The van der Waals surface area contributed by atoms with E-state index in [1.54, 1.807) is 50.2 Å². The van der Waals surface area contributed by atoms with E-state index in [9.17, 15) is 19.1 Å². The molecule has 3 aromatic rings. The number of benzene rings is 2. The zero-order valence-corrected chi connectivity index (χ0v) is 19.7. The number of urea groups is 1. The maximum atomic E-state index is 13.7. The molecule has 3 rings (SSSR count). The average Bonchev–Trinajstić information content (AvgIpc) is 3.28. The van der Waals surface area contributed by atoms with Gasteiger partial charge in [0, 0.05) is 17.3 Å². The van der Waals surface area contributed by atoms with E-state index in [1.807, 2.05) is 6.92 Å². The van der Waals surface area contributed by atoms with Crippen LogP contribution in [0.4, 0.5) is 20.6 Å². The van der Waals surface area contributed by atoms with Gasteiger partial charge in [-0.1, -0.05) is 50.2 Å². The Morgan fingerprint density at radius 1 is 1.15 bits per heavy atom. The van der Waals surface area contributed by atoms with E-state index in [0.29, 0.717) is 27.9 Å². The number of thioether (sulfide) groups is 1. The van der Waals surface area contributed by atoms with Gasteiger partial charge in [0.1, 0.15) is 16.6 Å². The van der Waals surface area contributed by atoms with E-state index in [2.05, 4.69) is 20.8 Å². The molecule has 0 aliphatic carbocycles. The minimum atomic E-state index is -0.994. The Morgan fingerprint density at radius 2 is 1.85 bits per heavy atom. The van der Waals surface area contributed by atoms with E-state index in [1.165, 1.54) is 30.0 Å². The molecule has 1 unspecified atom stereocenters. The lowest BCUT2D eigenvalue weighted by Crippen LogP contribution is -2.25. The minimum absolute atomic E-state index is 0.0803. The fraction of sp³-hybridized carbons (Fsp3) is 0.250. The Morgan fingerprint density at radius 3 is 2.47 bits per heavy atom. The van der Waals surface area contributed by atoms with Crippen LogP contribution in [-0.4, -0.2) is 39.1 Å². The third-order valence-corrected chi connectivity index (χ3v) is 5.57. The molecule has 0 saturated heterocycles. The second-order valence-corrected chi connectivity index (χ2v) is 8.86. The standard InChI is InChI=1S/C24H25FN4O4S/c1-4-34-22(28-21(14(2)3)23(30)31)20-13-19(29-33-20)15-9-11-16(12-10-15)26-24(32)27-18-8-6-5-7-17(18)25/h5-14,21H,4H2,1-3H3,(H,30,31)(H2,26,27,32). The lowest BCUT2D eigenvalue weighted by atomic mass is 10.1. The number of hydrogen-bond acceptors (Lipinski definition) is 6. The highest BCUT2D eigenvalue weighted by atomic mass is 32.2. The van der Waals surface area contributed by atoms with E-state index >= 15 is 0 Å². The molecular formula is C24H25FN4O4S. The average molecular weight is 485 g/mol. The molecule has 1 aromatic heterocycles. The van der Waals surface area contributed by atoms with Crippen LogP contribution in [0.15, 0.2) is 64.1 Å². The zero-order valence-electron chi connectivity index (χ0n) is 18.9. The molecule has 2 aromatic carbocycles. The second kappa shape index (κ2) is 11.5. The number of carbonyl (C=O) groups excluding carboxylic acids is 1. The molecule has 10 heteroatoms. The molecule has 1 atom stereocenters. The smallest absolute Gasteiger partial charge is 0.328 e. The van der Waals surface area contributed by atoms with E-state index in [4.69, 9.17) is 4.52 Å². The van der Waals surface area contributed by atoms with Crippen molar-refractivity contribution in [3.63, 3.8) is 0 Å². The number of nitrogens with one attached hydrogen (secondary N) is 2. The summed E-state index contributed by atoms with van der Waals surface area (Å²) in [6.07, 6.45) is 0. The number of aromatic nitrogens is 1. The van der Waals surface area contributed by atoms with Crippen molar-refractivity contribution in [2.75, 3.05) is 16.4 Å². The summed E-state index contributed by atoms with van der Waals surface area (Å²) in [4.78, 5) is 28.1. The van der Waals surface area contributed by atoms with Gasteiger partial charge >= 0.3 is 12.0 Å². The molecule has 1 heterocycles. The predicted octanol–water partition coefficient (Wildman–Crippen LogP) is 5.73. The van der Waals surface area contributed by atoms with Gasteiger partial charge in [0.2, 0.25) is 0 Å². The third-order valence-electron chi connectivity index (χ3n) is 4.70. The van der Waals surface area contributed by atoms with E-state index < -0.39 is 23.9 Å². The van der Waals surface area contributed by atoms with Gasteiger partial charge in [0.25, 0.3) is 0 Å². The van der Waals surface area contributed by atoms with Crippen molar-refractivity contribution in [3.8, 4) is 11.3 Å². The SMILES string of the molecule is CCSC(=NC(C(=O)O)C(C)C)c1cc(-c2ccc(NC(=O)Nc3ccccc3F)cc2)no1. The Labute approximate surface area is 200 Å². The van der Waals surface area contributed by atoms with Crippen LogP contribution in [0, 0.1) is 11.7 Å². The van der Waals surface area contributed by atoms with Crippen molar-refractivity contribution in [2.45, 2.75) is 26.8 Å². The summed E-state index contributed by atoms with van der Waals surface area (Å²) < 4.78 is 19.1. The van der Waals surface area contributed by atoms with E-state index in [-0.39, 0.29) is 11.6 Å². The van der Waals surface area contributed by atoms with Crippen LogP contribution in [0.25, 0.3) is 11.3 Å². The molecular weight excluding hydrogens is 459 g/mol. The van der Waals surface area contributed by atoms with Crippen molar-refractivity contribution in [1.82, 2.24) is 5.16 Å². The maximum absolute atomic E-state index is 13.7. The topological polar surface area (TPSA) is 117 Å². The highest BCUT2D eigenvalue weighted by Gasteiger charge is 2.23. The largest absolute Gasteiger partial charge is 0.480 e. The first kappa shape index (κ1) is 25.0. The monoisotopic (exact) mass is 484 g/mol. The molecule has 0 bridgehead atoms. The molecule has 0 saturated carbocycles. The lowest BCUT2D eigenvalue weighted by Gasteiger charge is -2.12. The van der Waals surface area contributed by atoms with Crippen molar-refractivity contribution >= 4 is 40.2 Å². The Hall–Kier alpha value is -3.66. The number of halogens is 1. The molecule has 0 spiro atoms. The Bertz CT molecular complexity index is 1180. The number of carbonyl (C=O) groups is 2. The van der Waals surface area contributed by atoms with Gasteiger partial charge in [0.05, 0.1) is 5.69 Å². The molecule has 0 radical (unpaired) electrons. The number of para-hydroxylation sites is 1. The van der Waals surface area contributed by atoms with Gasteiger partial charge in [-0.25, -0.2) is 14.0 Å². The number of nitrogens with zero attached hydrogens (tertiary/aromatic N) is 2. The lowest BCUT2D eigenvalue weighted by molar-refractivity contribution is -0.139. The van der Waals surface area contributed by atoms with Crippen molar-refractivity contribution < 1.29 is 23.6 Å². The normalized spacial score (nSPS) is 12.4. The van der Waals surface area contributed by atoms with E-state index in [0.717, 1.165) is 5.56 Å². The Kier molecular flexibility index (Phi) is 8.42. The molecule has 178 valence electrons. The zero-order chi connectivity index (χ0) is 24.7. The molecule has 0 aliphatic heterocycles. The number of anilines is 2. The fourth-order valence-corrected chi connectivity index (χ4v) is 3.71. The van der Waals surface area contributed by atoms with Crippen molar-refractivity contribution in [3.05, 3.63) is 66.2 Å². The number of rotatable bonds is 8. The van der Waals surface area contributed by atoms with Gasteiger partial charge in [-0.2, -0.15) is 0 Å². The highest BCUT2D eigenvalue weighted by molar-refractivity contribution is 8.14. The number of aliphatic imine (C=N–C) groups is 1. The van der Waals surface area contributed by atoms with Crippen LogP contribution < -0.4 is 10.6 Å². The number of aliphatic carboxylic acids is 1. The first-order valence-corrected chi connectivity index (χ1v) is 11.6. The maximum Gasteiger partial charge on any atom is 0.328 e. The fourth-order valence-electron chi connectivity index (χ4n) is 3.01. The summed E-state index contributed by atoms with van der Waals surface area (Å²) in [6.45, 7) is 5.54. The van der Waals surface area contributed by atoms with Crippen molar-refractivity contribution in [2.24, 2.45) is 10.9 Å². The summed E-state index contributed by atoms with van der Waals surface area (Å²) in [5.41, 5.74) is 1.86. The van der Waals surface area contributed by atoms with Gasteiger partial charge in [-0.05, 0) is 35.9 Å². The van der Waals surface area contributed by atoms with Crippen LogP contribution in [0.5, 0.6) is 0 Å². The van der Waals surface area contributed by atoms with Gasteiger partial charge in [-0.15, -0.1) is 11.8 Å². The van der Waals surface area contributed by atoms with Crippen LogP contribution in [0.2, 0.25) is 0 Å². The van der Waals surface area contributed by atoms with Gasteiger partial charge in [-0.3, -0.25) is 4.99 Å². The molecule has 3 N–H and O–H groups in total. The van der Waals surface area contributed by atoms with Crippen LogP contribution in [-0.2, 0) is 4.79 Å².